The molecule has 0 radical (unpaired) electrons. The average molecular weight is 293 g/mol. The fraction of sp³-hybridized carbons (Fsp3) is 0.188. The quantitative estimate of drug-likeness (QED) is 0.793. The molecule has 0 aromatic heterocycles. The highest BCUT2D eigenvalue weighted by Crippen LogP contribution is 2.25. The standard InChI is InChI=1S/C16H16O3.ClH/c1-12(16(17)18-2)13-7-6-10-15(11-13)19-14-8-4-3-5-9-14;/h3-12H,1-2H3;1H. The number of ether oxygens (including phenoxy) is 2. The number of hydrogen-bond acceptors (Lipinski definition) is 3. The zero-order valence-electron chi connectivity index (χ0n) is 11.4. The Labute approximate surface area is 124 Å². The molecule has 106 valence electrons. The molecule has 0 aliphatic rings. The number of benzene rings is 2. The van der Waals surface area contributed by atoms with E-state index in [1.54, 1.807) is 0 Å². The van der Waals surface area contributed by atoms with Crippen LogP contribution in [0.2, 0.25) is 0 Å². The number of methoxy groups -OCH3 is 1. The van der Waals surface area contributed by atoms with Gasteiger partial charge in [-0.05, 0) is 36.8 Å². The minimum Gasteiger partial charge on any atom is -0.469 e. The third kappa shape index (κ3) is 4.00. The van der Waals surface area contributed by atoms with Crippen LogP contribution in [-0.4, -0.2) is 13.1 Å². The topological polar surface area (TPSA) is 35.5 Å². The van der Waals surface area contributed by atoms with Gasteiger partial charge in [0.1, 0.15) is 11.5 Å². The van der Waals surface area contributed by atoms with E-state index < -0.39 is 0 Å². The van der Waals surface area contributed by atoms with Crippen molar-refractivity contribution in [3.05, 3.63) is 60.2 Å². The molecule has 0 aliphatic heterocycles. The highest BCUT2D eigenvalue weighted by Gasteiger charge is 2.15. The van der Waals surface area contributed by atoms with Gasteiger partial charge in [-0.2, -0.15) is 0 Å². The number of carbonyl (C=O) groups is 1. The van der Waals surface area contributed by atoms with Gasteiger partial charge >= 0.3 is 5.97 Å². The molecule has 0 fully saturated rings. The molecule has 0 amide bonds. The summed E-state index contributed by atoms with van der Waals surface area (Å²) in [5, 5.41) is 0. The molecule has 4 heteroatoms. The van der Waals surface area contributed by atoms with Crippen molar-refractivity contribution in [1.82, 2.24) is 0 Å². The van der Waals surface area contributed by atoms with Gasteiger partial charge in [-0.25, -0.2) is 0 Å². The Morgan fingerprint density at radius 2 is 1.65 bits per heavy atom. The third-order valence-corrected chi connectivity index (χ3v) is 2.89. The molecule has 2 rings (SSSR count). The molecular weight excluding hydrogens is 276 g/mol. The molecule has 2 aromatic rings. The first-order chi connectivity index (χ1) is 9.20. The monoisotopic (exact) mass is 292 g/mol. The molecule has 1 unspecified atom stereocenters. The van der Waals surface area contributed by atoms with Crippen molar-refractivity contribution < 1.29 is 14.3 Å². The Morgan fingerprint density at radius 1 is 1.00 bits per heavy atom. The van der Waals surface area contributed by atoms with Gasteiger partial charge in [0.2, 0.25) is 0 Å². The fourth-order valence-electron chi connectivity index (χ4n) is 1.78. The van der Waals surface area contributed by atoms with Crippen molar-refractivity contribution in [2.24, 2.45) is 0 Å². The van der Waals surface area contributed by atoms with E-state index in [1.807, 2.05) is 61.5 Å². The molecule has 0 saturated heterocycles. The number of rotatable bonds is 4. The summed E-state index contributed by atoms with van der Waals surface area (Å²) >= 11 is 0. The molecular formula is C16H17ClO3. The first-order valence-corrected chi connectivity index (χ1v) is 6.11. The predicted octanol–water partition coefficient (Wildman–Crippen LogP) is 4.18. The van der Waals surface area contributed by atoms with Gasteiger partial charge in [-0.1, -0.05) is 30.3 Å². The van der Waals surface area contributed by atoms with Crippen molar-refractivity contribution in [3.8, 4) is 11.5 Å². The van der Waals surface area contributed by atoms with Gasteiger partial charge in [0, 0.05) is 0 Å². The lowest BCUT2D eigenvalue weighted by Crippen LogP contribution is -2.10. The van der Waals surface area contributed by atoms with Crippen molar-refractivity contribution in [2.75, 3.05) is 7.11 Å². The van der Waals surface area contributed by atoms with Crippen molar-refractivity contribution in [1.29, 1.82) is 0 Å². The summed E-state index contributed by atoms with van der Waals surface area (Å²) in [5.74, 6) is 0.922. The first kappa shape index (κ1) is 16.1. The molecule has 20 heavy (non-hydrogen) atoms. The van der Waals surface area contributed by atoms with E-state index in [-0.39, 0.29) is 24.3 Å². The second-order valence-electron chi connectivity index (χ2n) is 4.23. The lowest BCUT2D eigenvalue weighted by atomic mass is 10.0. The second-order valence-corrected chi connectivity index (χ2v) is 4.23. The van der Waals surface area contributed by atoms with Crippen LogP contribution in [0.4, 0.5) is 0 Å². The summed E-state index contributed by atoms with van der Waals surface area (Å²) in [6, 6.07) is 17.0. The molecule has 1 atom stereocenters. The minimum atomic E-state index is -0.302. The normalized spacial score (nSPS) is 11.1. The smallest absolute Gasteiger partial charge is 0.312 e. The van der Waals surface area contributed by atoms with Gasteiger partial charge in [-0.15, -0.1) is 12.4 Å². The lowest BCUT2D eigenvalue weighted by Gasteiger charge is -2.11. The van der Waals surface area contributed by atoms with Crippen LogP contribution >= 0.6 is 12.4 Å². The van der Waals surface area contributed by atoms with Crippen LogP contribution in [0.3, 0.4) is 0 Å². The van der Waals surface area contributed by atoms with Gasteiger partial charge < -0.3 is 9.47 Å². The van der Waals surface area contributed by atoms with Crippen LogP contribution in [0.25, 0.3) is 0 Å². The van der Waals surface area contributed by atoms with Crippen molar-refractivity contribution in [3.63, 3.8) is 0 Å². The minimum absolute atomic E-state index is 0. The van der Waals surface area contributed by atoms with E-state index in [4.69, 9.17) is 9.47 Å². The maximum absolute atomic E-state index is 11.5. The number of carbonyl (C=O) groups excluding carboxylic acids is 1. The van der Waals surface area contributed by atoms with Gasteiger partial charge in [0.05, 0.1) is 13.0 Å². The van der Waals surface area contributed by atoms with Crippen LogP contribution in [0.5, 0.6) is 11.5 Å². The molecule has 2 aromatic carbocycles. The Bertz CT molecular complexity index is 555. The van der Waals surface area contributed by atoms with Crippen LogP contribution in [0.1, 0.15) is 18.4 Å². The van der Waals surface area contributed by atoms with Gasteiger partial charge in [-0.3, -0.25) is 4.79 Å². The molecule has 0 N–H and O–H groups in total. The van der Waals surface area contributed by atoms with Gasteiger partial charge in [0.25, 0.3) is 0 Å². The van der Waals surface area contributed by atoms with Crippen LogP contribution in [-0.2, 0) is 9.53 Å². The van der Waals surface area contributed by atoms with E-state index >= 15 is 0 Å². The number of halogens is 1. The fourth-order valence-corrected chi connectivity index (χ4v) is 1.78. The van der Waals surface area contributed by atoms with Crippen molar-refractivity contribution in [2.45, 2.75) is 12.8 Å². The number of esters is 1. The second kappa shape index (κ2) is 7.56. The molecule has 0 bridgehead atoms. The van der Waals surface area contributed by atoms with E-state index in [0.29, 0.717) is 5.75 Å². The van der Waals surface area contributed by atoms with E-state index in [1.165, 1.54) is 7.11 Å². The Morgan fingerprint density at radius 3 is 2.30 bits per heavy atom. The Balaban J connectivity index is 0.00000200. The summed E-state index contributed by atoms with van der Waals surface area (Å²) in [4.78, 5) is 11.5. The zero-order chi connectivity index (χ0) is 13.7. The molecule has 0 spiro atoms. The predicted molar refractivity (Wildman–Crippen MR) is 80.6 cm³/mol. The summed E-state index contributed by atoms with van der Waals surface area (Å²) in [7, 11) is 1.39. The summed E-state index contributed by atoms with van der Waals surface area (Å²) < 4.78 is 10.5. The highest BCUT2D eigenvalue weighted by atomic mass is 35.5. The summed E-state index contributed by atoms with van der Waals surface area (Å²) in [5.41, 5.74) is 0.875. The molecule has 0 saturated carbocycles. The largest absolute Gasteiger partial charge is 0.469 e. The third-order valence-electron chi connectivity index (χ3n) is 2.89. The number of hydrogen-bond donors (Lipinski definition) is 0. The lowest BCUT2D eigenvalue weighted by molar-refractivity contribution is -0.141. The summed E-state index contributed by atoms with van der Waals surface area (Å²) in [6.45, 7) is 1.81. The SMILES string of the molecule is COC(=O)C(C)c1cccc(Oc2ccccc2)c1.Cl. The van der Waals surface area contributed by atoms with E-state index in [2.05, 4.69) is 0 Å². The van der Waals surface area contributed by atoms with Crippen LogP contribution in [0.15, 0.2) is 54.6 Å². The summed E-state index contributed by atoms with van der Waals surface area (Å²) in [6.07, 6.45) is 0. The molecule has 3 nitrogen and oxygen atoms in total. The number of para-hydroxylation sites is 1. The van der Waals surface area contributed by atoms with Crippen LogP contribution < -0.4 is 4.74 Å². The molecule has 0 heterocycles. The van der Waals surface area contributed by atoms with E-state index in [9.17, 15) is 4.79 Å². The van der Waals surface area contributed by atoms with Crippen LogP contribution in [0, 0.1) is 0 Å². The van der Waals surface area contributed by atoms with E-state index in [0.717, 1.165) is 11.3 Å². The highest BCUT2D eigenvalue weighted by molar-refractivity contribution is 5.85. The zero-order valence-corrected chi connectivity index (χ0v) is 12.2. The Hall–Kier alpha value is -2.00. The maximum Gasteiger partial charge on any atom is 0.312 e. The molecule has 0 aliphatic carbocycles. The van der Waals surface area contributed by atoms with Crippen molar-refractivity contribution >= 4 is 18.4 Å². The van der Waals surface area contributed by atoms with Gasteiger partial charge in [0.15, 0.2) is 0 Å². The first-order valence-electron chi connectivity index (χ1n) is 6.11. The maximum atomic E-state index is 11.5. The average Bonchev–Trinajstić information content (AvgIpc) is 2.47. The Kier molecular flexibility index (Phi) is 6.07.